The van der Waals surface area contributed by atoms with Crippen LogP contribution in [0.2, 0.25) is 0 Å². The van der Waals surface area contributed by atoms with Crippen molar-refractivity contribution in [1.82, 2.24) is 9.97 Å². The zero-order valence-electron chi connectivity index (χ0n) is 13.2. The van der Waals surface area contributed by atoms with Crippen molar-refractivity contribution in [3.8, 4) is 0 Å². The molecule has 1 aliphatic rings. The first kappa shape index (κ1) is 15.0. The number of nitrogens with one attached hydrogen (secondary N) is 1. The Morgan fingerprint density at radius 3 is 2.86 bits per heavy atom. The van der Waals surface area contributed by atoms with Gasteiger partial charge in [0.1, 0.15) is 23.4 Å². The van der Waals surface area contributed by atoms with Crippen molar-refractivity contribution in [2.45, 2.75) is 38.6 Å². The number of aromatic nitrogens is 2. The summed E-state index contributed by atoms with van der Waals surface area (Å²) in [6.45, 7) is 5.56. The van der Waals surface area contributed by atoms with Crippen molar-refractivity contribution >= 4 is 5.82 Å². The molecule has 2 aromatic heterocycles. The summed E-state index contributed by atoms with van der Waals surface area (Å²) in [5, 5.41) is 3.41. The molecule has 1 unspecified atom stereocenters. The van der Waals surface area contributed by atoms with Gasteiger partial charge in [-0.2, -0.15) is 0 Å². The van der Waals surface area contributed by atoms with Crippen LogP contribution in [0.1, 0.15) is 50.2 Å². The Bertz CT molecular complexity index is 579. The predicted molar refractivity (Wildman–Crippen MR) is 84.7 cm³/mol. The van der Waals surface area contributed by atoms with Crippen molar-refractivity contribution < 1.29 is 9.15 Å². The summed E-state index contributed by atoms with van der Waals surface area (Å²) in [5.74, 6) is 3.67. The Hall–Kier alpha value is -1.88. The van der Waals surface area contributed by atoms with Crippen LogP contribution in [0.25, 0.3) is 0 Å². The number of anilines is 1. The Morgan fingerprint density at radius 2 is 2.18 bits per heavy atom. The van der Waals surface area contributed by atoms with Crippen molar-refractivity contribution in [3.63, 3.8) is 0 Å². The summed E-state index contributed by atoms with van der Waals surface area (Å²) in [5.41, 5.74) is 0. The van der Waals surface area contributed by atoms with Crippen LogP contribution in [0.3, 0.4) is 0 Å². The highest BCUT2D eigenvalue weighted by molar-refractivity contribution is 5.36. The van der Waals surface area contributed by atoms with Crippen molar-refractivity contribution in [2.75, 3.05) is 18.5 Å². The second-order valence-electron chi connectivity index (χ2n) is 6.22. The number of rotatable bonds is 8. The van der Waals surface area contributed by atoms with E-state index in [4.69, 9.17) is 9.15 Å². The average molecular weight is 301 g/mol. The fourth-order valence-corrected chi connectivity index (χ4v) is 2.28. The Labute approximate surface area is 131 Å². The molecule has 118 valence electrons. The second kappa shape index (κ2) is 6.92. The van der Waals surface area contributed by atoms with Crippen LogP contribution in [0.5, 0.6) is 0 Å². The lowest BCUT2D eigenvalue weighted by molar-refractivity contribution is 0.0979. The lowest BCUT2D eigenvalue weighted by Gasteiger charge is -2.18. The molecule has 0 bridgehead atoms. The third-order valence-corrected chi connectivity index (χ3v) is 3.56. The van der Waals surface area contributed by atoms with Gasteiger partial charge in [0.25, 0.3) is 0 Å². The van der Waals surface area contributed by atoms with Crippen molar-refractivity contribution in [1.29, 1.82) is 0 Å². The minimum atomic E-state index is -0.0456. The molecule has 1 aliphatic carbocycles. The van der Waals surface area contributed by atoms with Crippen LogP contribution in [-0.2, 0) is 4.74 Å². The molecule has 1 N–H and O–H groups in total. The van der Waals surface area contributed by atoms with E-state index in [9.17, 15) is 0 Å². The first-order valence-corrected chi connectivity index (χ1v) is 7.93. The number of furan rings is 1. The number of nitrogens with zero attached hydrogens (tertiary/aromatic N) is 2. The zero-order chi connectivity index (χ0) is 15.4. The lowest BCUT2D eigenvalue weighted by atomic mass is 10.2. The highest BCUT2D eigenvalue weighted by Gasteiger charge is 2.26. The van der Waals surface area contributed by atoms with Crippen LogP contribution in [0, 0.1) is 5.92 Å². The molecule has 22 heavy (non-hydrogen) atoms. The van der Waals surface area contributed by atoms with E-state index in [-0.39, 0.29) is 6.04 Å². The van der Waals surface area contributed by atoms with E-state index in [2.05, 4.69) is 29.1 Å². The third kappa shape index (κ3) is 4.07. The Kier molecular flexibility index (Phi) is 4.73. The molecule has 2 heterocycles. The topological polar surface area (TPSA) is 60.2 Å². The first-order valence-electron chi connectivity index (χ1n) is 7.93. The average Bonchev–Trinajstić information content (AvgIpc) is 3.21. The van der Waals surface area contributed by atoms with Crippen LogP contribution >= 0.6 is 0 Å². The molecular weight excluding hydrogens is 278 g/mol. The maximum atomic E-state index is 5.78. The summed E-state index contributed by atoms with van der Waals surface area (Å²) in [6, 6.07) is 5.70. The number of hydrogen-bond donors (Lipinski definition) is 1. The third-order valence-electron chi connectivity index (χ3n) is 3.56. The molecule has 0 radical (unpaired) electrons. The van der Waals surface area contributed by atoms with Gasteiger partial charge in [0.05, 0.1) is 12.9 Å². The van der Waals surface area contributed by atoms with Crippen LogP contribution < -0.4 is 5.32 Å². The number of ether oxygens (including phenoxy) is 1. The Balaban J connectivity index is 1.67. The van der Waals surface area contributed by atoms with E-state index in [1.165, 1.54) is 12.8 Å². The summed E-state index contributed by atoms with van der Waals surface area (Å²) >= 11 is 0. The van der Waals surface area contributed by atoms with E-state index in [1.807, 2.05) is 24.4 Å². The van der Waals surface area contributed by atoms with Crippen molar-refractivity contribution in [3.05, 3.63) is 42.2 Å². The second-order valence-corrected chi connectivity index (χ2v) is 6.22. The highest BCUT2D eigenvalue weighted by atomic mass is 16.5. The predicted octanol–water partition coefficient (Wildman–Crippen LogP) is 3.77. The minimum Gasteiger partial charge on any atom is -0.467 e. The standard InChI is InChI=1S/C17H23N3O2/c1-12(2)10-21-11-14(15-4-3-9-22-15)19-16-7-8-18-17(20-16)13-5-6-13/h3-4,7-9,12-14H,5-6,10-11H2,1-2H3,(H,18,19,20). The maximum Gasteiger partial charge on any atom is 0.133 e. The minimum absolute atomic E-state index is 0.0456. The van der Waals surface area contributed by atoms with Crippen molar-refractivity contribution in [2.24, 2.45) is 5.92 Å². The summed E-state index contributed by atoms with van der Waals surface area (Å²) < 4.78 is 11.3. The molecule has 1 atom stereocenters. The molecule has 5 heteroatoms. The van der Waals surface area contributed by atoms with Gasteiger partial charge in [0.2, 0.25) is 0 Å². The molecule has 1 saturated carbocycles. The highest BCUT2D eigenvalue weighted by Crippen LogP contribution is 2.38. The van der Waals surface area contributed by atoms with Gasteiger partial charge in [-0.25, -0.2) is 9.97 Å². The molecule has 5 nitrogen and oxygen atoms in total. The maximum absolute atomic E-state index is 5.78. The van der Waals surface area contributed by atoms with Gasteiger partial charge in [-0.3, -0.25) is 0 Å². The molecule has 2 aromatic rings. The summed E-state index contributed by atoms with van der Waals surface area (Å²) in [7, 11) is 0. The van der Waals surface area contributed by atoms with Crippen LogP contribution in [0.15, 0.2) is 35.1 Å². The number of hydrogen-bond acceptors (Lipinski definition) is 5. The van der Waals surface area contributed by atoms with Gasteiger partial charge in [-0.1, -0.05) is 13.8 Å². The smallest absolute Gasteiger partial charge is 0.133 e. The first-order chi connectivity index (χ1) is 10.7. The molecule has 0 spiro atoms. The molecule has 0 aliphatic heterocycles. The molecular formula is C17H23N3O2. The van der Waals surface area contributed by atoms with E-state index >= 15 is 0 Å². The van der Waals surface area contributed by atoms with E-state index in [1.54, 1.807) is 6.26 Å². The quantitative estimate of drug-likeness (QED) is 0.804. The van der Waals surface area contributed by atoms with Gasteiger partial charge in [-0.05, 0) is 37.0 Å². The molecule has 0 aromatic carbocycles. The molecule has 0 saturated heterocycles. The Morgan fingerprint density at radius 1 is 1.32 bits per heavy atom. The summed E-state index contributed by atoms with van der Waals surface area (Å²) in [4.78, 5) is 8.96. The molecule has 3 rings (SSSR count). The zero-order valence-corrected chi connectivity index (χ0v) is 13.2. The van der Waals surface area contributed by atoms with Gasteiger partial charge in [-0.15, -0.1) is 0 Å². The fraction of sp³-hybridized carbons (Fsp3) is 0.529. The van der Waals surface area contributed by atoms with Gasteiger partial charge in [0, 0.05) is 18.7 Å². The fourth-order valence-electron chi connectivity index (χ4n) is 2.28. The summed E-state index contributed by atoms with van der Waals surface area (Å²) in [6.07, 6.45) is 5.89. The van der Waals surface area contributed by atoms with E-state index in [0.717, 1.165) is 24.0 Å². The molecule has 1 fully saturated rings. The van der Waals surface area contributed by atoms with E-state index < -0.39 is 0 Å². The lowest BCUT2D eigenvalue weighted by Crippen LogP contribution is -2.19. The SMILES string of the molecule is CC(C)COCC(Nc1ccnc(C2CC2)n1)c1ccco1. The van der Waals surface area contributed by atoms with Gasteiger partial charge >= 0.3 is 0 Å². The van der Waals surface area contributed by atoms with Gasteiger partial charge < -0.3 is 14.5 Å². The largest absolute Gasteiger partial charge is 0.467 e. The van der Waals surface area contributed by atoms with Crippen LogP contribution in [-0.4, -0.2) is 23.2 Å². The monoisotopic (exact) mass is 301 g/mol. The van der Waals surface area contributed by atoms with Gasteiger partial charge in [0.15, 0.2) is 0 Å². The van der Waals surface area contributed by atoms with Crippen LogP contribution in [0.4, 0.5) is 5.82 Å². The van der Waals surface area contributed by atoms with E-state index in [0.29, 0.717) is 18.4 Å². The normalized spacial score (nSPS) is 16.0. The molecule has 0 amide bonds.